The van der Waals surface area contributed by atoms with Crippen molar-refractivity contribution in [3.05, 3.63) is 26.6 Å². The molecule has 0 saturated carbocycles. The van der Waals surface area contributed by atoms with Gasteiger partial charge in [-0.2, -0.15) is 0 Å². The second-order valence-corrected chi connectivity index (χ2v) is 4.06. The van der Waals surface area contributed by atoms with E-state index in [1.165, 1.54) is 20.0 Å². The Morgan fingerprint density at radius 2 is 1.60 bits per heavy atom. The average Bonchev–Trinajstić information content (AvgIpc) is 1.82. The Morgan fingerprint density at radius 1 is 1.20 bits per heavy atom. The zero-order valence-corrected chi connectivity index (χ0v) is 9.08. The maximum atomic E-state index is 3.47. The van der Waals surface area contributed by atoms with Gasteiger partial charge >= 0.3 is 0 Å². The highest BCUT2D eigenvalue weighted by Gasteiger charge is 1.98. The van der Waals surface area contributed by atoms with Gasteiger partial charge in [0.25, 0.3) is 0 Å². The summed E-state index contributed by atoms with van der Waals surface area (Å²) in [6.07, 6.45) is 0. The van der Waals surface area contributed by atoms with Gasteiger partial charge in [-0.1, -0.05) is 49.5 Å². The van der Waals surface area contributed by atoms with E-state index in [1.54, 1.807) is 0 Å². The fraction of sp³-hybridized carbons (Fsp3) is 0.143. The van der Waals surface area contributed by atoms with Crippen LogP contribution >= 0.6 is 31.9 Å². The van der Waals surface area contributed by atoms with Gasteiger partial charge in [0.15, 0.2) is 0 Å². The molecule has 1 aromatic carbocycles. The second-order valence-electron chi connectivity index (χ2n) is 2.35. The number of rotatable bonds is 0. The van der Waals surface area contributed by atoms with E-state index < -0.39 is 0 Å². The first-order chi connectivity index (χ1) is 4.61. The Labute approximate surface area is 78.7 Å². The molecule has 0 unspecified atom stereocenters. The first kappa shape index (κ1) is 8.34. The smallest absolute Gasteiger partial charge is 0.0867 e. The zero-order valence-electron chi connectivity index (χ0n) is 5.91. The summed E-state index contributed by atoms with van der Waals surface area (Å²) < 4.78 is 2.33. The molecule has 0 heterocycles. The summed E-state index contributed by atoms with van der Waals surface area (Å²) in [7, 11) is 2.08. The van der Waals surface area contributed by atoms with Crippen molar-refractivity contribution in [1.29, 1.82) is 0 Å². The summed E-state index contributed by atoms with van der Waals surface area (Å²) in [5, 5.41) is 0. The molecular weight excluding hydrogens is 255 g/mol. The molecule has 0 bridgehead atoms. The molecule has 3 heteroatoms. The van der Waals surface area contributed by atoms with Crippen molar-refractivity contribution >= 4 is 45.2 Å². The molecule has 0 atom stereocenters. The molecule has 0 aliphatic carbocycles. The van der Waals surface area contributed by atoms with Gasteiger partial charge in [0.05, 0.1) is 0 Å². The molecule has 0 amide bonds. The standard InChI is InChI=1S/C7H7BBr2/c1-4-6(9)2-5(8)3-7(4)10/h2-3H,8H2,1H3. The van der Waals surface area contributed by atoms with Gasteiger partial charge in [-0.15, -0.1) is 0 Å². The lowest BCUT2D eigenvalue weighted by atomic mass is 9.96. The minimum Gasteiger partial charge on any atom is -0.0867 e. The summed E-state index contributed by atoms with van der Waals surface area (Å²) in [5.41, 5.74) is 2.52. The Balaban J connectivity index is 3.31. The first-order valence-corrected chi connectivity index (χ1v) is 4.62. The molecule has 0 N–H and O–H groups in total. The van der Waals surface area contributed by atoms with Gasteiger partial charge in [0, 0.05) is 8.95 Å². The third-order valence-electron chi connectivity index (χ3n) is 1.43. The second kappa shape index (κ2) is 3.10. The van der Waals surface area contributed by atoms with Crippen molar-refractivity contribution in [3.63, 3.8) is 0 Å². The molecule has 0 aliphatic rings. The third kappa shape index (κ3) is 1.64. The van der Waals surface area contributed by atoms with Crippen LogP contribution in [0, 0.1) is 6.92 Å². The maximum absolute atomic E-state index is 3.47. The van der Waals surface area contributed by atoms with Gasteiger partial charge in [0.1, 0.15) is 7.85 Å². The highest BCUT2D eigenvalue weighted by molar-refractivity contribution is 9.11. The molecular formula is C7H7BBr2. The van der Waals surface area contributed by atoms with Gasteiger partial charge in [-0.3, -0.25) is 0 Å². The van der Waals surface area contributed by atoms with Crippen molar-refractivity contribution in [2.45, 2.75) is 6.92 Å². The van der Waals surface area contributed by atoms with E-state index in [1.807, 2.05) is 0 Å². The first-order valence-electron chi connectivity index (χ1n) is 3.03. The minimum absolute atomic E-state index is 1.17. The lowest BCUT2D eigenvalue weighted by molar-refractivity contribution is 1.41. The monoisotopic (exact) mass is 260 g/mol. The van der Waals surface area contributed by atoms with E-state index in [0.717, 1.165) is 0 Å². The van der Waals surface area contributed by atoms with Crippen LogP contribution in [0.5, 0.6) is 0 Å². The largest absolute Gasteiger partial charge is 0.139 e. The highest BCUT2D eigenvalue weighted by atomic mass is 79.9. The van der Waals surface area contributed by atoms with Gasteiger partial charge in [-0.05, 0) is 12.5 Å². The van der Waals surface area contributed by atoms with Gasteiger partial charge in [-0.25, -0.2) is 0 Å². The van der Waals surface area contributed by atoms with Crippen molar-refractivity contribution in [2.24, 2.45) is 0 Å². The number of benzene rings is 1. The van der Waals surface area contributed by atoms with Gasteiger partial charge < -0.3 is 0 Å². The van der Waals surface area contributed by atoms with Crippen LogP contribution in [0.2, 0.25) is 0 Å². The average molecular weight is 262 g/mol. The minimum atomic E-state index is 1.17. The van der Waals surface area contributed by atoms with Crippen LogP contribution in [0.1, 0.15) is 5.56 Å². The van der Waals surface area contributed by atoms with E-state index in [9.17, 15) is 0 Å². The number of halogens is 2. The van der Waals surface area contributed by atoms with E-state index in [2.05, 4.69) is 58.8 Å². The van der Waals surface area contributed by atoms with Crippen LogP contribution in [-0.2, 0) is 0 Å². The summed E-state index contributed by atoms with van der Waals surface area (Å²) in [6.45, 7) is 2.08. The molecule has 0 fully saturated rings. The molecule has 0 aromatic heterocycles. The summed E-state index contributed by atoms with van der Waals surface area (Å²) in [6, 6.07) is 4.22. The van der Waals surface area contributed by atoms with Crippen LogP contribution in [0.25, 0.3) is 0 Å². The molecule has 52 valence electrons. The fourth-order valence-electron chi connectivity index (χ4n) is 0.772. The molecule has 0 aliphatic heterocycles. The van der Waals surface area contributed by atoms with Crippen LogP contribution in [-0.4, -0.2) is 7.85 Å². The van der Waals surface area contributed by atoms with E-state index in [4.69, 9.17) is 0 Å². The maximum Gasteiger partial charge on any atom is 0.139 e. The molecule has 10 heavy (non-hydrogen) atoms. The Morgan fingerprint density at radius 3 is 2.00 bits per heavy atom. The lowest BCUT2D eigenvalue weighted by Crippen LogP contribution is -2.01. The molecule has 1 rings (SSSR count). The summed E-state index contributed by atoms with van der Waals surface area (Å²) in [5.74, 6) is 0. The van der Waals surface area contributed by atoms with Crippen molar-refractivity contribution in [3.8, 4) is 0 Å². The quantitative estimate of drug-likeness (QED) is 0.625. The predicted molar refractivity (Wildman–Crippen MR) is 54.8 cm³/mol. The molecule has 0 radical (unpaired) electrons. The summed E-state index contributed by atoms with van der Waals surface area (Å²) >= 11 is 6.93. The Kier molecular flexibility index (Phi) is 2.58. The van der Waals surface area contributed by atoms with Crippen molar-refractivity contribution in [2.75, 3.05) is 0 Å². The van der Waals surface area contributed by atoms with Crippen LogP contribution in [0.4, 0.5) is 0 Å². The van der Waals surface area contributed by atoms with Crippen LogP contribution < -0.4 is 5.46 Å². The molecule has 0 spiro atoms. The Hall–Kier alpha value is 0.245. The van der Waals surface area contributed by atoms with E-state index in [0.29, 0.717) is 0 Å². The Bertz CT molecular complexity index is 235. The zero-order chi connectivity index (χ0) is 7.72. The van der Waals surface area contributed by atoms with Crippen LogP contribution in [0.15, 0.2) is 21.1 Å². The fourth-order valence-corrected chi connectivity index (χ4v) is 2.19. The summed E-state index contributed by atoms with van der Waals surface area (Å²) in [4.78, 5) is 0. The van der Waals surface area contributed by atoms with Gasteiger partial charge in [0.2, 0.25) is 0 Å². The predicted octanol–water partition coefficient (Wildman–Crippen LogP) is 1.78. The third-order valence-corrected chi connectivity index (χ3v) is 3.07. The van der Waals surface area contributed by atoms with Crippen molar-refractivity contribution < 1.29 is 0 Å². The molecule has 0 nitrogen and oxygen atoms in total. The van der Waals surface area contributed by atoms with E-state index >= 15 is 0 Å². The van der Waals surface area contributed by atoms with Crippen molar-refractivity contribution in [1.82, 2.24) is 0 Å². The highest BCUT2D eigenvalue weighted by Crippen LogP contribution is 2.22. The van der Waals surface area contributed by atoms with Crippen LogP contribution in [0.3, 0.4) is 0 Å². The molecule has 0 saturated heterocycles. The SMILES string of the molecule is Bc1cc(Br)c(C)c(Br)c1. The topological polar surface area (TPSA) is 0 Å². The number of hydrogen-bond acceptors (Lipinski definition) is 0. The number of hydrogen-bond donors (Lipinski definition) is 0. The van der Waals surface area contributed by atoms with E-state index in [-0.39, 0.29) is 0 Å². The molecule has 1 aromatic rings. The normalized spacial score (nSPS) is 9.90. The lowest BCUT2D eigenvalue weighted by Gasteiger charge is -2.02.